The Kier molecular flexibility index (Phi) is 6.20. The molecular formula is C24H24BrNO2. The molecule has 0 saturated carbocycles. The Morgan fingerprint density at radius 3 is 2.11 bits per heavy atom. The summed E-state index contributed by atoms with van der Waals surface area (Å²) in [5, 5.41) is 23.5. The van der Waals surface area contributed by atoms with Gasteiger partial charge >= 0.3 is 0 Å². The van der Waals surface area contributed by atoms with Crippen molar-refractivity contribution in [2.24, 2.45) is 5.16 Å². The summed E-state index contributed by atoms with van der Waals surface area (Å²) in [7, 11) is 0. The molecule has 144 valence electrons. The number of aromatic hydroxyl groups is 1. The molecule has 1 unspecified atom stereocenters. The Labute approximate surface area is 174 Å². The van der Waals surface area contributed by atoms with E-state index in [1.165, 1.54) is 11.1 Å². The molecule has 0 heterocycles. The van der Waals surface area contributed by atoms with Gasteiger partial charge in [0.05, 0.1) is 5.71 Å². The number of oxime groups is 1. The second-order valence-corrected chi connectivity index (χ2v) is 8.09. The van der Waals surface area contributed by atoms with Gasteiger partial charge in [0.2, 0.25) is 0 Å². The zero-order valence-electron chi connectivity index (χ0n) is 16.3. The highest BCUT2D eigenvalue weighted by Gasteiger charge is 2.21. The first-order valence-electron chi connectivity index (χ1n) is 9.23. The number of benzene rings is 3. The minimum Gasteiger partial charge on any atom is -0.507 e. The van der Waals surface area contributed by atoms with Gasteiger partial charge in [-0.25, -0.2) is 0 Å². The lowest BCUT2D eigenvalue weighted by Gasteiger charge is -2.21. The van der Waals surface area contributed by atoms with Crippen molar-refractivity contribution in [2.45, 2.75) is 33.1 Å². The molecule has 2 N–H and O–H groups in total. The molecule has 3 aromatic rings. The molecule has 0 aliphatic heterocycles. The third-order valence-corrected chi connectivity index (χ3v) is 5.71. The van der Waals surface area contributed by atoms with Crippen LogP contribution in [0.3, 0.4) is 0 Å². The second kappa shape index (κ2) is 8.61. The number of rotatable bonds is 5. The Morgan fingerprint density at radius 1 is 0.929 bits per heavy atom. The van der Waals surface area contributed by atoms with Crippen LogP contribution in [-0.2, 0) is 0 Å². The largest absolute Gasteiger partial charge is 0.507 e. The highest BCUT2D eigenvalue weighted by atomic mass is 79.9. The minimum atomic E-state index is 0.0506. The summed E-state index contributed by atoms with van der Waals surface area (Å²) >= 11 is 3.50. The van der Waals surface area contributed by atoms with Crippen LogP contribution >= 0.6 is 15.9 Å². The Balaban J connectivity index is 2.06. The van der Waals surface area contributed by atoms with Crippen molar-refractivity contribution < 1.29 is 10.3 Å². The smallest absolute Gasteiger partial charge is 0.121 e. The molecule has 0 aliphatic carbocycles. The molecule has 0 aromatic heterocycles. The number of phenols is 1. The van der Waals surface area contributed by atoms with Crippen LogP contribution in [0.1, 0.15) is 45.7 Å². The number of nitrogens with zero attached hydrogens (tertiary/aromatic N) is 1. The van der Waals surface area contributed by atoms with Crippen LogP contribution in [0.25, 0.3) is 0 Å². The van der Waals surface area contributed by atoms with E-state index in [2.05, 4.69) is 52.3 Å². The number of hydrogen-bond acceptors (Lipinski definition) is 3. The minimum absolute atomic E-state index is 0.0506. The van der Waals surface area contributed by atoms with Gasteiger partial charge in [0, 0.05) is 22.4 Å². The zero-order valence-corrected chi connectivity index (χ0v) is 17.9. The van der Waals surface area contributed by atoms with E-state index in [9.17, 15) is 10.3 Å². The quantitative estimate of drug-likeness (QED) is 0.272. The molecule has 0 spiro atoms. The standard InChI is InChI=1S/C24H24BrNO2/c1-15-6-4-5-7-21(15)22(18-8-10-20(25)11-9-18)14-23(26-28)19-12-16(2)24(27)17(3)13-19/h4-13,22,27-28H,14H2,1-3H3. The summed E-state index contributed by atoms with van der Waals surface area (Å²) in [6, 6.07) is 20.3. The van der Waals surface area contributed by atoms with Gasteiger partial charge < -0.3 is 10.3 Å². The fraction of sp³-hybridized carbons (Fsp3) is 0.208. The van der Waals surface area contributed by atoms with Crippen molar-refractivity contribution >= 4 is 21.6 Å². The predicted octanol–water partition coefficient (Wildman–Crippen LogP) is 6.48. The Bertz CT molecular complexity index is 986. The molecule has 1 atom stereocenters. The third-order valence-electron chi connectivity index (χ3n) is 5.18. The first kappa shape index (κ1) is 20.2. The van der Waals surface area contributed by atoms with Crippen LogP contribution in [0.4, 0.5) is 0 Å². The van der Waals surface area contributed by atoms with Crippen LogP contribution in [0, 0.1) is 20.8 Å². The molecule has 3 nitrogen and oxygen atoms in total. The average Bonchev–Trinajstić information content (AvgIpc) is 2.68. The summed E-state index contributed by atoms with van der Waals surface area (Å²) in [6.07, 6.45) is 0.548. The van der Waals surface area contributed by atoms with E-state index in [4.69, 9.17) is 0 Å². The summed E-state index contributed by atoms with van der Waals surface area (Å²) in [5.74, 6) is 0.332. The van der Waals surface area contributed by atoms with Gasteiger partial charge in [-0.3, -0.25) is 0 Å². The topological polar surface area (TPSA) is 52.8 Å². The molecular weight excluding hydrogens is 414 g/mol. The van der Waals surface area contributed by atoms with E-state index in [-0.39, 0.29) is 11.7 Å². The van der Waals surface area contributed by atoms with Gasteiger partial charge in [-0.1, -0.05) is 57.5 Å². The van der Waals surface area contributed by atoms with E-state index in [1.54, 1.807) is 0 Å². The fourth-order valence-electron chi connectivity index (χ4n) is 3.61. The van der Waals surface area contributed by atoms with Crippen molar-refractivity contribution in [2.75, 3.05) is 0 Å². The molecule has 0 fully saturated rings. The molecule has 0 saturated heterocycles. The van der Waals surface area contributed by atoms with E-state index in [0.29, 0.717) is 12.1 Å². The lowest BCUT2D eigenvalue weighted by Crippen LogP contribution is -2.12. The summed E-state index contributed by atoms with van der Waals surface area (Å²) in [6.45, 7) is 5.81. The molecule has 3 rings (SSSR count). The lowest BCUT2D eigenvalue weighted by molar-refractivity contribution is 0.317. The van der Waals surface area contributed by atoms with Crippen molar-refractivity contribution in [1.82, 2.24) is 0 Å². The SMILES string of the molecule is Cc1ccccc1C(CC(=NO)c1cc(C)c(O)c(C)c1)c1ccc(Br)cc1. The summed E-state index contributed by atoms with van der Waals surface area (Å²) in [5.41, 5.74) is 6.53. The third kappa shape index (κ3) is 4.28. The fourth-order valence-corrected chi connectivity index (χ4v) is 3.88. The molecule has 28 heavy (non-hydrogen) atoms. The summed E-state index contributed by atoms with van der Waals surface area (Å²) < 4.78 is 1.03. The van der Waals surface area contributed by atoms with Gasteiger partial charge in [0.15, 0.2) is 0 Å². The van der Waals surface area contributed by atoms with Gasteiger partial charge in [-0.15, -0.1) is 0 Å². The van der Waals surface area contributed by atoms with Crippen molar-refractivity contribution in [3.8, 4) is 5.75 Å². The van der Waals surface area contributed by atoms with Crippen LogP contribution in [-0.4, -0.2) is 16.0 Å². The van der Waals surface area contributed by atoms with Crippen molar-refractivity contribution in [3.63, 3.8) is 0 Å². The van der Waals surface area contributed by atoms with E-state index in [0.717, 1.165) is 26.7 Å². The van der Waals surface area contributed by atoms with Crippen molar-refractivity contribution in [1.29, 1.82) is 0 Å². The first-order chi connectivity index (χ1) is 13.4. The highest BCUT2D eigenvalue weighted by Crippen LogP contribution is 2.33. The second-order valence-electron chi connectivity index (χ2n) is 7.17. The number of hydrogen-bond donors (Lipinski definition) is 2. The van der Waals surface area contributed by atoms with Gasteiger partial charge in [-0.2, -0.15) is 0 Å². The van der Waals surface area contributed by atoms with Crippen LogP contribution in [0.2, 0.25) is 0 Å². The van der Waals surface area contributed by atoms with E-state index >= 15 is 0 Å². The van der Waals surface area contributed by atoms with Crippen LogP contribution in [0.15, 0.2) is 70.3 Å². The average molecular weight is 438 g/mol. The van der Waals surface area contributed by atoms with E-state index in [1.807, 2.05) is 50.2 Å². The van der Waals surface area contributed by atoms with Gasteiger partial charge in [-0.05, 0) is 72.9 Å². The first-order valence-corrected chi connectivity index (χ1v) is 10.0. The van der Waals surface area contributed by atoms with Crippen LogP contribution < -0.4 is 0 Å². The van der Waals surface area contributed by atoms with Gasteiger partial charge in [0.1, 0.15) is 5.75 Å². The van der Waals surface area contributed by atoms with E-state index < -0.39 is 0 Å². The molecule has 0 bridgehead atoms. The normalized spacial score (nSPS) is 12.8. The van der Waals surface area contributed by atoms with Crippen molar-refractivity contribution in [3.05, 3.63) is 98.5 Å². The summed E-state index contributed by atoms with van der Waals surface area (Å²) in [4.78, 5) is 0. The molecule has 0 radical (unpaired) electrons. The Hall–Kier alpha value is -2.59. The maximum atomic E-state index is 10.1. The lowest BCUT2D eigenvalue weighted by atomic mass is 9.83. The zero-order chi connectivity index (χ0) is 20.3. The maximum absolute atomic E-state index is 10.1. The monoisotopic (exact) mass is 437 g/mol. The number of phenolic OH excluding ortho intramolecular Hbond substituents is 1. The van der Waals surface area contributed by atoms with Crippen LogP contribution in [0.5, 0.6) is 5.75 Å². The molecule has 3 aromatic carbocycles. The van der Waals surface area contributed by atoms with Gasteiger partial charge in [0.25, 0.3) is 0 Å². The predicted molar refractivity (Wildman–Crippen MR) is 118 cm³/mol. The number of halogens is 1. The highest BCUT2D eigenvalue weighted by molar-refractivity contribution is 9.10. The molecule has 0 amide bonds. The molecule has 0 aliphatic rings. The maximum Gasteiger partial charge on any atom is 0.121 e. The Morgan fingerprint density at radius 2 is 1.54 bits per heavy atom. The number of aryl methyl sites for hydroxylation is 3. The molecule has 4 heteroatoms.